The quantitative estimate of drug-likeness (QED) is 0.804. The number of ether oxygens (including phenoxy) is 1. The van der Waals surface area contributed by atoms with E-state index in [-0.39, 0.29) is 11.8 Å². The number of carbonyl (C=O) groups excluding carboxylic acids is 1. The Bertz CT molecular complexity index is 454. The van der Waals surface area contributed by atoms with E-state index in [0.717, 1.165) is 17.9 Å². The number of fused-ring (bicyclic) bond motifs is 1. The molecule has 3 nitrogen and oxygen atoms in total. The Hall–Kier alpha value is -1.51. The van der Waals surface area contributed by atoms with Gasteiger partial charge in [-0.2, -0.15) is 0 Å². The van der Waals surface area contributed by atoms with Gasteiger partial charge in [0.1, 0.15) is 5.75 Å². The average molecular weight is 247 g/mol. The lowest BCUT2D eigenvalue weighted by Gasteiger charge is -2.19. The molecule has 0 saturated heterocycles. The van der Waals surface area contributed by atoms with Crippen LogP contribution < -0.4 is 9.64 Å². The molecule has 2 rings (SSSR count). The highest BCUT2D eigenvalue weighted by Gasteiger charge is 2.26. The van der Waals surface area contributed by atoms with Gasteiger partial charge >= 0.3 is 0 Å². The van der Waals surface area contributed by atoms with Gasteiger partial charge in [-0.1, -0.05) is 26.8 Å². The summed E-state index contributed by atoms with van der Waals surface area (Å²) < 4.78 is 5.70. The second-order valence-corrected chi connectivity index (χ2v) is 5.51. The second-order valence-electron chi connectivity index (χ2n) is 5.51. The van der Waals surface area contributed by atoms with Gasteiger partial charge < -0.3 is 9.64 Å². The Morgan fingerprint density at radius 1 is 1.44 bits per heavy atom. The van der Waals surface area contributed by atoms with E-state index in [1.807, 2.05) is 20.0 Å². The predicted molar refractivity (Wildman–Crippen MR) is 73.1 cm³/mol. The number of hydrogen-bond donors (Lipinski definition) is 0. The van der Waals surface area contributed by atoms with Crippen LogP contribution in [0.25, 0.3) is 0 Å². The summed E-state index contributed by atoms with van der Waals surface area (Å²) in [6.45, 7) is 6.75. The van der Waals surface area contributed by atoms with Crippen LogP contribution in [0.3, 0.4) is 0 Å². The first-order valence-electron chi connectivity index (χ1n) is 6.52. The summed E-state index contributed by atoms with van der Waals surface area (Å²) in [5, 5.41) is 0. The molecule has 0 bridgehead atoms. The lowest BCUT2D eigenvalue weighted by atomic mass is 10.0. The van der Waals surface area contributed by atoms with Crippen LogP contribution in [0.15, 0.2) is 18.2 Å². The van der Waals surface area contributed by atoms with Gasteiger partial charge in [0.2, 0.25) is 5.91 Å². The molecule has 3 heteroatoms. The third-order valence-electron chi connectivity index (χ3n) is 3.27. The number of amides is 1. The maximum atomic E-state index is 12.1. The lowest BCUT2D eigenvalue weighted by molar-refractivity contribution is -0.122. The molecule has 0 saturated carbocycles. The fraction of sp³-hybridized carbons (Fsp3) is 0.533. The van der Waals surface area contributed by atoms with E-state index in [0.29, 0.717) is 12.5 Å². The van der Waals surface area contributed by atoms with E-state index in [1.54, 1.807) is 4.90 Å². The van der Waals surface area contributed by atoms with Gasteiger partial charge in [0.25, 0.3) is 0 Å². The smallest absolute Gasteiger partial charge is 0.233 e. The molecule has 1 amide bonds. The van der Waals surface area contributed by atoms with Crippen LogP contribution >= 0.6 is 0 Å². The maximum absolute atomic E-state index is 12.1. The Balaban J connectivity index is 2.36. The van der Waals surface area contributed by atoms with Crippen LogP contribution in [-0.2, 0) is 11.2 Å². The summed E-state index contributed by atoms with van der Waals surface area (Å²) in [6.07, 6.45) is 1.02. The molecule has 0 radical (unpaired) electrons. The Morgan fingerprint density at radius 2 is 2.17 bits per heavy atom. The SMILES string of the molecule is CC(C)Cc1ccc2c(c1)N(C)C(=O)C(C)CO2. The minimum Gasteiger partial charge on any atom is -0.491 e. The van der Waals surface area contributed by atoms with Crippen LogP contribution in [0.1, 0.15) is 26.3 Å². The van der Waals surface area contributed by atoms with Gasteiger partial charge in [0.15, 0.2) is 0 Å². The van der Waals surface area contributed by atoms with Crippen molar-refractivity contribution in [1.82, 2.24) is 0 Å². The molecule has 0 spiro atoms. The first-order chi connectivity index (χ1) is 8.49. The highest BCUT2D eigenvalue weighted by molar-refractivity contribution is 5.96. The third kappa shape index (κ3) is 2.50. The zero-order valence-corrected chi connectivity index (χ0v) is 11.6. The van der Waals surface area contributed by atoms with Gasteiger partial charge in [-0.3, -0.25) is 4.79 Å². The van der Waals surface area contributed by atoms with Crippen LogP contribution in [0.2, 0.25) is 0 Å². The molecule has 1 aromatic rings. The molecule has 1 heterocycles. The monoisotopic (exact) mass is 247 g/mol. The average Bonchev–Trinajstić information content (AvgIpc) is 2.42. The zero-order valence-electron chi connectivity index (χ0n) is 11.6. The fourth-order valence-electron chi connectivity index (χ4n) is 2.28. The Labute approximate surface area is 109 Å². The number of nitrogens with zero attached hydrogens (tertiary/aromatic N) is 1. The predicted octanol–water partition coefficient (Wildman–Crippen LogP) is 2.88. The van der Waals surface area contributed by atoms with Gasteiger partial charge in [0.05, 0.1) is 18.2 Å². The molecule has 0 aromatic heterocycles. The number of rotatable bonds is 2. The van der Waals surface area contributed by atoms with E-state index < -0.39 is 0 Å². The standard InChI is InChI=1S/C15H21NO2/c1-10(2)7-12-5-6-14-13(8-12)16(4)15(17)11(3)9-18-14/h5-6,8,10-11H,7,9H2,1-4H3. The number of anilines is 1. The molecule has 1 unspecified atom stereocenters. The van der Waals surface area contributed by atoms with Crippen molar-refractivity contribution in [3.8, 4) is 5.75 Å². The minimum absolute atomic E-state index is 0.0871. The van der Waals surface area contributed by atoms with E-state index in [2.05, 4.69) is 26.0 Å². The molecule has 0 N–H and O–H groups in total. The highest BCUT2D eigenvalue weighted by atomic mass is 16.5. The molecule has 1 aliphatic rings. The summed E-state index contributed by atoms with van der Waals surface area (Å²) in [6, 6.07) is 6.15. The zero-order chi connectivity index (χ0) is 13.3. The molecule has 1 aromatic carbocycles. The van der Waals surface area contributed by atoms with Crippen molar-refractivity contribution in [1.29, 1.82) is 0 Å². The van der Waals surface area contributed by atoms with Crippen molar-refractivity contribution in [3.63, 3.8) is 0 Å². The van der Waals surface area contributed by atoms with E-state index in [9.17, 15) is 4.79 Å². The normalized spacial score (nSPS) is 19.5. The number of carbonyl (C=O) groups is 1. The summed E-state index contributed by atoms with van der Waals surface area (Å²) in [5.41, 5.74) is 2.14. The molecular weight excluding hydrogens is 226 g/mol. The van der Waals surface area contributed by atoms with Crippen molar-refractivity contribution < 1.29 is 9.53 Å². The van der Waals surface area contributed by atoms with E-state index >= 15 is 0 Å². The molecule has 1 aliphatic heterocycles. The molecule has 1 atom stereocenters. The summed E-state index contributed by atoms with van der Waals surface area (Å²) in [4.78, 5) is 13.8. The minimum atomic E-state index is -0.0871. The summed E-state index contributed by atoms with van der Waals surface area (Å²) in [7, 11) is 1.82. The van der Waals surface area contributed by atoms with Crippen LogP contribution in [0.5, 0.6) is 5.75 Å². The van der Waals surface area contributed by atoms with Crippen molar-refractivity contribution in [3.05, 3.63) is 23.8 Å². The summed E-state index contributed by atoms with van der Waals surface area (Å²) >= 11 is 0. The van der Waals surface area contributed by atoms with Gasteiger partial charge in [0, 0.05) is 7.05 Å². The molecular formula is C15H21NO2. The lowest BCUT2D eigenvalue weighted by Crippen LogP contribution is -2.31. The van der Waals surface area contributed by atoms with E-state index in [1.165, 1.54) is 5.56 Å². The molecule has 18 heavy (non-hydrogen) atoms. The van der Waals surface area contributed by atoms with E-state index in [4.69, 9.17) is 4.74 Å². The van der Waals surface area contributed by atoms with Gasteiger partial charge in [-0.25, -0.2) is 0 Å². The molecule has 98 valence electrons. The number of hydrogen-bond acceptors (Lipinski definition) is 2. The largest absolute Gasteiger partial charge is 0.491 e. The maximum Gasteiger partial charge on any atom is 0.233 e. The van der Waals surface area contributed by atoms with Crippen molar-refractivity contribution >= 4 is 11.6 Å². The fourth-order valence-corrected chi connectivity index (χ4v) is 2.28. The van der Waals surface area contributed by atoms with Crippen molar-refractivity contribution in [2.45, 2.75) is 27.2 Å². The van der Waals surface area contributed by atoms with Crippen molar-refractivity contribution in [2.75, 3.05) is 18.6 Å². The van der Waals surface area contributed by atoms with Crippen LogP contribution in [0, 0.1) is 11.8 Å². The topological polar surface area (TPSA) is 29.5 Å². The highest BCUT2D eigenvalue weighted by Crippen LogP contribution is 2.33. The summed E-state index contributed by atoms with van der Waals surface area (Å²) in [5.74, 6) is 1.45. The first-order valence-corrected chi connectivity index (χ1v) is 6.52. The van der Waals surface area contributed by atoms with Gasteiger partial charge in [-0.15, -0.1) is 0 Å². The third-order valence-corrected chi connectivity index (χ3v) is 3.27. The van der Waals surface area contributed by atoms with Crippen LogP contribution in [-0.4, -0.2) is 19.6 Å². The van der Waals surface area contributed by atoms with Crippen molar-refractivity contribution in [2.24, 2.45) is 11.8 Å². The molecule has 0 fully saturated rings. The first kappa shape index (κ1) is 12.9. The Morgan fingerprint density at radius 3 is 2.83 bits per heavy atom. The number of benzene rings is 1. The van der Waals surface area contributed by atoms with Gasteiger partial charge in [-0.05, 0) is 30.0 Å². The second kappa shape index (κ2) is 5.01. The van der Waals surface area contributed by atoms with Crippen LogP contribution in [0.4, 0.5) is 5.69 Å². The molecule has 0 aliphatic carbocycles. The Kier molecular flexibility index (Phi) is 3.60.